The lowest BCUT2D eigenvalue weighted by atomic mass is 10.1. The van der Waals surface area contributed by atoms with E-state index in [0.29, 0.717) is 24.5 Å². The molecule has 0 bridgehead atoms. The second kappa shape index (κ2) is 10.4. The third kappa shape index (κ3) is 5.78. The summed E-state index contributed by atoms with van der Waals surface area (Å²) >= 11 is 4.92. The summed E-state index contributed by atoms with van der Waals surface area (Å²) in [4.78, 5) is 13.2. The van der Waals surface area contributed by atoms with E-state index < -0.39 is 0 Å². The van der Waals surface area contributed by atoms with Gasteiger partial charge in [-0.05, 0) is 30.5 Å². The number of guanidine groups is 1. The van der Waals surface area contributed by atoms with Crippen LogP contribution in [0.15, 0.2) is 39.2 Å². The van der Waals surface area contributed by atoms with Crippen molar-refractivity contribution in [2.45, 2.75) is 12.8 Å². The van der Waals surface area contributed by atoms with E-state index in [2.05, 4.69) is 35.7 Å². The highest BCUT2D eigenvalue weighted by Gasteiger charge is 2.19. The molecule has 1 saturated heterocycles. The van der Waals surface area contributed by atoms with Gasteiger partial charge in [-0.25, -0.2) is 9.37 Å². The van der Waals surface area contributed by atoms with Crippen LogP contribution in [0.5, 0.6) is 0 Å². The first-order chi connectivity index (χ1) is 12.1. The zero-order valence-corrected chi connectivity index (χ0v) is 19.0. The van der Waals surface area contributed by atoms with E-state index in [1.54, 1.807) is 11.3 Å². The molecular formula is C17H22BrFIN5S. The van der Waals surface area contributed by atoms with Crippen LogP contribution in [0.2, 0.25) is 0 Å². The molecule has 2 N–H and O–H groups in total. The Morgan fingerprint density at radius 1 is 1.31 bits per heavy atom. The van der Waals surface area contributed by atoms with E-state index in [1.165, 1.54) is 6.07 Å². The summed E-state index contributed by atoms with van der Waals surface area (Å²) in [6.07, 6.45) is 3.27. The van der Waals surface area contributed by atoms with Gasteiger partial charge in [-0.2, -0.15) is 0 Å². The van der Waals surface area contributed by atoms with Gasteiger partial charge in [0.25, 0.3) is 0 Å². The molecule has 1 fully saturated rings. The maximum atomic E-state index is 13.8. The number of aliphatic imine (C=N–C) groups is 1. The van der Waals surface area contributed by atoms with Crippen molar-refractivity contribution in [1.29, 1.82) is 0 Å². The average molecular weight is 554 g/mol. The number of hydrogen-bond acceptors (Lipinski definition) is 4. The van der Waals surface area contributed by atoms with Crippen molar-refractivity contribution in [2.75, 3.05) is 37.6 Å². The minimum absolute atomic E-state index is 0. The molecule has 2 heterocycles. The Bertz CT molecular complexity index is 720. The zero-order chi connectivity index (χ0) is 17.6. The van der Waals surface area contributed by atoms with Crippen molar-refractivity contribution in [3.05, 3.63) is 45.6 Å². The molecule has 26 heavy (non-hydrogen) atoms. The highest BCUT2D eigenvalue weighted by atomic mass is 127. The van der Waals surface area contributed by atoms with Gasteiger partial charge < -0.3 is 15.5 Å². The van der Waals surface area contributed by atoms with Crippen LogP contribution in [0, 0.1) is 5.82 Å². The number of hydrogen-bond donors (Lipinski definition) is 1. The Morgan fingerprint density at radius 3 is 2.73 bits per heavy atom. The van der Waals surface area contributed by atoms with Gasteiger partial charge in [0.1, 0.15) is 5.82 Å². The fraction of sp³-hybridized carbons (Fsp3) is 0.412. The summed E-state index contributed by atoms with van der Waals surface area (Å²) in [5.41, 5.74) is 6.82. The van der Waals surface area contributed by atoms with Gasteiger partial charge in [0.15, 0.2) is 11.1 Å². The maximum absolute atomic E-state index is 13.8. The summed E-state index contributed by atoms with van der Waals surface area (Å²) in [7, 11) is 0. The molecule has 1 aromatic carbocycles. The molecule has 9 heteroatoms. The van der Waals surface area contributed by atoms with Gasteiger partial charge in [-0.3, -0.25) is 4.99 Å². The minimum atomic E-state index is -0.176. The predicted molar refractivity (Wildman–Crippen MR) is 120 cm³/mol. The van der Waals surface area contributed by atoms with Crippen molar-refractivity contribution in [2.24, 2.45) is 10.7 Å². The van der Waals surface area contributed by atoms with E-state index >= 15 is 0 Å². The van der Waals surface area contributed by atoms with E-state index in [1.807, 2.05) is 23.7 Å². The topological polar surface area (TPSA) is 57.8 Å². The van der Waals surface area contributed by atoms with Gasteiger partial charge in [-0.15, -0.1) is 35.3 Å². The summed E-state index contributed by atoms with van der Waals surface area (Å²) in [5, 5.41) is 3.05. The van der Waals surface area contributed by atoms with Crippen molar-refractivity contribution in [3.8, 4) is 0 Å². The molecule has 1 aromatic heterocycles. The fourth-order valence-electron chi connectivity index (χ4n) is 2.79. The molecule has 0 amide bonds. The normalized spacial score (nSPS) is 15.1. The molecule has 3 rings (SSSR count). The maximum Gasteiger partial charge on any atom is 0.191 e. The fourth-order valence-corrected chi connectivity index (χ4v) is 3.82. The Labute approximate surface area is 182 Å². The molecule has 2 aromatic rings. The molecule has 1 aliphatic heterocycles. The molecule has 1 aliphatic rings. The van der Waals surface area contributed by atoms with E-state index in [-0.39, 0.29) is 29.8 Å². The first-order valence-electron chi connectivity index (χ1n) is 8.27. The number of thiazole rings is 1. The van der Waals surface area contributed by atoms with Crippen LogP contribution in [0.3, 0.4) is 0 Å². The molecule has 5 nitrogen and oxygen atoms in total. The molecule has 142 valence electrons. The van der Waals surface area contributed by atoms with Crippen molar-refractivity contribution in [1.82, 2.24) is 9.88 Å². The highest BCUT2D eigenvalue weighted by Crippen LogP contribution is 2.19. The molecule has 0 unspecified atom stereocenters. The van der Waals surface area contributed by atoms with E-state index in [4.69, 9.17) is 5.73 Å². The van der Waals surface area contributed by atoms with Crippen LogP contribution in [-0.4, -0.2) is 48.6 Å². The van der Waals surface area contributed by atoms with Crippen LogP contribution in [-0.2, 0) is 6.42 Å². The number of aromatic nitrogens is 1. The van der Waals surface area contributed by atoms with Gasteiger partial charge in [0.2, 0.25) is 0 Å². The predicted octanol–water partition coefficient (Wildman–Crippen LogP) is 3.73. The molecule has 0 spiro atoms. The number of anilines is 1. The Balaban J connectivity index is 0.00000243. The first-order valence-corrected chi connectivity index (χ1v) is 9.94. The van der Waals surface area contributed by atoms with Crippen LogP contribution >= 0.6 is 51.2 Å². The molecule has 0 saturated carbocycles. The number of benzene rings is 1. The highest BCUT2D eigenvalue weighted by molar-refractivity contribution is 14.0. The zero-order valence-electron chi connectivity index (χ0n) is 14.3. The lowest BCUT2D eigenvalue weighted by Gasteiger charge is -2.35. The van der Waals surface area contributed by atoms with Crippen LogP contribution in [0.4, 0.5) is 9.52 Å². The Hall–Kier alpha value is -0.940. The van der Waals surface area contributed by atoms with Gasteiger partial charge in [0, 0.05) is 48.8 Å². The molecule has 0 atom stereocenters. The number of piperazine rings is 1. The SMILES string of the molecule is I.NC(=NCCCc1ccc(Br)cc1F)N1CCN(c2nccs2)CC1. The summed E-state index contributed by atoms with van der Waals surface area (Å²) in [6.45, 7) is 4.09. The van der Waals surface area contributed by atoms with Crippen LogP contribution < -0.4 is 10.6 Å². The third-order valence-electron chi connectivity index (χ3n) is 4.19. The van der Waals surface area contributed by atoms with Gasteiger partial charge in [0.05, 0.1) is 0 Å². The quantitative estimate of drug-likeness (QED) is 0.265. The van der Waals surface area contributed by atoms with Crippen LogP contribution in [0.1, 0.15) is 12.0 Å². The summed E-state index contributed by atoms with van der Waals surface area (Å²) in [5.74, 6) is 0.403. The minimum Gasteiger partial charge on any atom is -0.370 e. The standard InChI is InChI=1S/C17H21BrFN5S.HI/c18-14-4-3-13(15(19)12-14)2-1-5-21-16(20)23-7-9-24(10-8-23)17-22-6-11-25-17;/h3-4,6,11-12H,1-2,5,7-10H2,(H2,20,21);1H. The summed E-state index contributed by atoms with van der Waals surface area (Å²) < 4.78 is 14.5. The Morgan fingerprint density at radius 2 is 2.08 bits per heavy atom. The smallest absolute Gasteiger partial charge is 0.191 e. The van der Waals surface area contributed by atoms with Crippen molar-refractivity contribution in [3.63, 3.8) is 0 Å². The van der Waals surface area contributed by atoms with Crippen LogP contribution in [0.25, 0.3) is 0 Å². The summed E-state index contributed by atoms with van der Waals surface area (Å²) in [6, 6.07) is 5.16. The lowest BCUT2D eigenvalue weighted by molar-refractivity contribution is 0.380. The van der Waals surface area contributed by atoms with Gasteiger partial charge >= 0.3 is 0 Å². The lowest BCUT2D eigenvalue weighted by Crippen LogP contribution is -2.51. The van der Waals surface area contributed by atoms with Crippen molar-refractivity contribution < 1.29 is 4.39 Å². The molecule has 0 aliphatic carbocycles. The molecular weight excluding hydrogens is 532 g/mol. The van der Waals surface area contributed by atoms with E-state index in [9.17, 15) is 4.39 Å². The number of halogens is 3. The third-order valence-corrected chi connectivity index (χ3v) is 5.51. The Kier molecular flexibility index (Phi) is 8.55. The second-order valence-corrected chi connectivity index (χ2v) is 7.66. The average Bonchev–Trinajstić information content (AvgIpc) is 3.15. The number of nitrogens with two attached hydrogens (primary N) is 1. The first kappa shape index (κ1) is 21.4. The largest absolute Gasteiger partial charge is 0.370 e. The van der Waals surface area contributed by atoms with Gasteiger partial charge in [-0.1, -0.05) is 22.0 Å². The second-order valence-electron chi connectivity index (χ2n) is 5.87. The van der Waals surface area contributed by atoms with E-state index in [0.717, 1.165) is 42.2 Å². The number of rotatable bonds is 5. The molecule has 0 radical (unpaired) electrons. The number of aryl methyl sites for hydroxylation is 1. The van der Waals surface area contributed by atoms with Crippen molar-refractivity contribution >= 4 is 62.3 Å². The number of nitrogens with zero attached hydrogens (tertiary/aromatic N) is 4. The monoisotopic (exact) mass is 553 g/mol.